The number of morpholine rings is 1. The van der Waals surface area contributed by atoms with Crippen molar-refractivity contribution in [2.24, 2.45) is 0 Å². The van der Waals surface area contributed by atoms with Crippen LogP contribution in [-0.2, 0) is 20.9 Å². The fourth-order valence-electron chi connectivity index (χ4n) is 2.55. The lowest BCUT2D eigenvalue weighted by molar-refractivity contribution is -0.386. The van der Waals surface area contributed by atoms with Crippen LogP contribution in [0, 0.1) is 24.0 Å². The summed E-state index contributed by atoms with van der Waals surface area (Å²) in [6.45, 7) is 3.84. The average Bonchev–Trinajstić information content (AvgIpc) is 2.79. The summed E-state index contributed by atoms with van der Waals surface area (Å²) in [5.74, 6) is -1.33. The number of amides is 1. The van der Waals surface area contributed by atoms with Crippen molar-refractivity contribution < 1.29 is 24.4 Å². The van der Waals surface area contributed by atoms with Gasteiger partial charge in [-0.2, -0.15) is 5.10 Å². The molecule has 1 amide bonds. The van der Waals surface area contributed by atoms with E-state index in [0.29, 0.717) is 17.9 Å². The number of nitrogens with zero attached hydrogens (tertiary/aromatic N) is 4. The topological polar surface area (TPSA) is 128 Å². The number of ether oxygens (including phenoxy) is 1. The zero-order valence-corrected chi connectivity index (χ0v) is 12.9. The SMILES string of the molecule is Cc1nn(CCC(=O)N2CCOC(C(=O)O)C2)c(C)c1[N+](=O)[O-]. The van der Waals surface area contributed by atoms with E-state index in [0.717, 1.165) is 0 Å². The van der Waals surface area contributed by atoms with Crippen LogP contribution in [0.3, 0.4) is 0 Å². The number of rotatable bonds is 5. The van der Waals surface area contributed by atoms with Crippen molar-refractivity contribution in [1.82, 2.24) is 14.7 Å². The van der Waals surface area contributed by atoms with Gasteiger partial charge in [0.25, 0.3) is 0 Å². The maximum Gasteiger partial charge on any atom is 0.334 e. The second-order valence-corrected chi connectivity index (χ2v) is 5.29. The molecule has 2 heterocycles. The Morgan fingerprint density at radius 1 is 1.48 bits per heavy atom. The molecule has 1 aromatic rings. The summed E-state index contributed by atoms with van der Waals surface area (Å²) in [7, 11) is 0. The summed E-state index contributed by atoms with van der Waals surface area (Å²) in [5, 5.41) is 24.0. The monoisotopic (exact) mass is 326 g/mol. The van der Waals surface area contributed by atoms with Crippen LogP contribution in [-0.4, -0.2) is 62.4 Å². The molecule has 0 aromatic carbocycles. The summed E-state index contributed by atoms with van der Waals surface area (Å²) < 4.78 is 6.49. The first kappa shape index (κ1) is 16.9. The lowest BCUT2D eigenvalue weighted by Gasteiger charge is -2.30. The summed E-state index contributed by atoms with van der Waals surface area (Å²) >= 11 is 0. The zero-order valence-electron chi connectivity index (χ0n) is 12.9. The van der Waals surface area contributed by atoms with E-state index in [1.807, 2.05) is 0 Å². The van der Waals surface area contributed by atoms with E-state index < -0.39 is 17.0 Å². The number of hydrogen-bond donors (Lipinski definition) is 1. The van der Waals surface area contributed by atoms with E-state index in [9.17, 15) is 19.7 Å². The van der Waals surface area contributed by atoms with Crippen molar-refractivity contribution in [3.05, 3.63) is 21.5 Å². The van der Waals surface area contributed by atoms with Crippen molar-refractivity contribution in [2.75, 3.05) is 19.7 Å². The number of aliphatic carboxylic acids is 1. The molecule has 1 aromatic heterocycles. The molecule has 126 valence electrons. The van der Waals surface area contributed by atoms with Gasteiger partial charge in [-0.25, -0.2) is 4.79 Å². The Labute approximate surface area is 131 Å². The molecule has 0 spiro atoms. The van der Waals surface area contributed by atoms with Gasteiger partial charge in [0.05, 0.1) is 24.6 Å². The molecule has 1 saturated heterocycles. The van der Waals surface area contributed by atoms with Crippen LogP contribution < -0.4 is 0 Å². The smallest absolute Gasteiger partial charge is 0.334 e. The summed E-state index contributed by atoms with van der Waals surface area (Å²) in [6, 6.07) is 0. The number of carbonyl (C=O) groups excluding carboxylic acids is 1. The molecule has 1 N–H and O–H groups in total. The van der Waals surface area contributed by atoms with Crippen LogP contribution in [0.4, 0.5) is 5.69 Å². The van der Waals surface area contributed by atoms with Crippen LogP contribution in [0.25, 0.3) is 0 Å². The first-order chi connectivity index (χ1) is 10.8. The second-order valence-electron chi connectivity index (χ2n) is 5.29. The first-order valence-corrected chi connectivity index (χ1v) is 7.11. The van der Waals surface area contributed by atoms with Gasteiger partial charge >= 0.3 is 11.7 Å². The van der Waals surface area contributed by atoms with Crippen molar-refractivity contribution in [1.29, 1.82) is 0 Å². The lowest BCUT2D eigenvalue weighted by atomic mass is 10.2. The van der Waals surface area contributed by atoms with E-state index in [2.05, 4.69) is 5.10 Å². The molecule has 10 nitrogen and oxygen atoms in total. The molecule has 0 aliphatic carbocycles. The van der Waals surface area contributed by atoms with Gasteiger partial charge in [0.15, 0.2) is 6.10 Å². The highest BCUT2D eigenvalue weighted by molar-refractivity contribution is 5.78. The molecule has 1 atom stereocenters. The fourth-order valence-corrected chi connectivity index (χ4v) is 2.55. The highest BCUT2D eigenvalue weighted by atomic mass is 16.6. The molecular formula is C13H18N4O6. The van der Waals surface area contributed by atoms with Crippen LogP contribution in [0.2, 0.25) is 0 Å². The van der Waals surface area contributed by atoms with Gasteiger partial charge in [-0.05, 0) is 13.8 Å². The molecular weight excluding hydrogens is 308 g/mol. The fraction of sp³-hybridized carbons (Fsp3) is 0.615. The number of aromatic nitrogens is 2. The molecule has 1 fully saturated rings. The summed E-state index contributed by atoms with van der Waals surface area (Å²) in [6.07, 6.45) is -0.923. The van der Waals surface area contributed by atoms with E-state index >= 15 is 0 Å². The largest absolute Gasteiger partial charge is 0.479 e. The quantitative estimate of drug-likeness (QED) is 0.600. The van der Waals surface area contributed by atoms with Crippen LogP contribution >= 0.6 is 0 Å². The van der Waals surface area contributed by atoms with Gasteiger partial charge < -0.3 is 14.7 Å². The minimum Gasteiger partial charge on any atom is -0.479 e. The Balaban J connectivity index is 1.98. The predicted molar refractivity (Wildman–Crippen MR) is 76.9 cm³/mol. The standard InChI is InChI=1S/C13H18N4O6/c1-8-12(17(21)22)9(2)16(14-8)4-3-11(18)15-5-6-23-10(7-15)13(19)20/h10H,3-7H2,1-2H3,(H,19,20). The van der Waals surface area contributed by atoms with Gasteiger partial charge in [0, 0.05) is 13.0 Å². The molecule has 2 rings (SSSR count). The van der Waals surface area contributed by atoms with E-state index in [-0.39, 0.29) is 37.7 Å². The van der Waals surface area contributed by atoms with E-state index in [1.54, 1.807) is 13.8 Å². The zero-order chi connectivity index (χ0) is 17.1. The molecule has 0 saturated carbocycles. The van der Waals surface area contributed by atoms with Gasteiger partial charge in [0.1, 0.15) is 11.4 Å². The average molecular weight is 326 g/mol. The number of carboxylic acids is 1. The molecule has 23 heavy (non-hydrogen) atoms. The normalized spacial score (nSPS) is 18.0. The number of aryl methyl sites for hydroxylation is 2. The van der Waals surface area contributed by atoms with E-state index in [4.69, 9.17) is 9.84 Å². The predicted octanol–water partition coefficient (Wildman–Crippen LogP) is 0.110. The van der Waals surface area contributed by atoms with Crippen molar-refractivity contribution in [3.63, 3.8) is 0 Å². The van der Waals surface area contributed by atoms with E-state index in [1.165, 1.54) is 9.58 Å². The number of carbonyl (C=O) groups is 2. The maximum atomic E-state index is 12.2. The molecule has 10 heteroatoms. The minimum atomic E-state index is -1.10. The molecule has 1 aliphatic rings. The third-order valence-corrected chi connectivity index (χ3v) is 3.76. The number of carboxylic acid groups (broad SMARTS) is 1. The Morgan fingerprint density at radius 2 is 2.17 bits per heavy atom. The van der Waals surface area contributed by atoms with Gasteiger partial charge in [-0.15, -0.1) is 0 Å². The van der Waals surface area contributed by atoms with Crippen molar-refractivity contribution >= 4 is 17.6 Å². The van der Waals surface area contributed by atoms with Gasteiger partial charge in [-0.3, -0.25) is 19.6 Å². The highest BCUT2D eigenvalue weighted by Gasteiger charge is 2.29. The van der Waals surface area contributed by atoms with Crippen LogP contribution in [0.1, 0.15) is 17.8 Å². The Morgan fingerprint density at radius 3 is 2.74 bits per heavy atom. The maximum absolute atomic E-state index is 12.2. The summed E-state index contributed by atoms with van der Waals surface area (Å²) in [5.41, 5.74) is 0.651. The van der Waals surface area contributed by atoms with Crippen LogP contribution in [0.15, 0.2) is 0 Å². The van der Waals surface area contributed by atoms with Crippen LogP contribution in [0.5, 0.6) is 0 Å². The summed E-state index contributed by atoms with van der Waals surface area (Å²) in [4.78, 5) is 35.0. The lowest BCUT2D eigenvalue weighted by Crippen LogP contribution is -2.48. The number of nitro groups is 1. The van der Waals surface area contributed by atoms with Crippen molar-refractivity contribution in [2.45, 2.75) is 32.9 Å². The first-order valence-electron chi connectivity index (χ1n) is 7.11. The molecule has 0 radical (unpaired) electrons. The minimum absolute atomic E-state index is 0.00539. The Hall–Kier alpha value is -2.49. The molecule has 0 bridgehead atoms. The number of hydrogen-bond acceptors (Lipinski definition) is 6. The van der Waals surface area contributed by atoms with Crippen molar-refractivity contribution in [3.8, 4) is 0 Å². The molecule has 1 aliphatic heterocycles. The Kier molecular flexibility index (Phi) is 4.94. The van der Waals surface area contributed by atoms with Gasteiger partial charge in [-0.1, -0.05) is 0 Å². The third kappa shape index (κ3) is 3.65. The second kappa shape index (κ2) is 6.73. The molecule has 1 unspecified atom stereocenters. The Bertz CT molecular complexity index is 641. The van der Waals surface area contributed by atoms with Gasteiger partial charge in [0.2, 0.25) is 5.91 Å². The highest BCUT2D eigenvalue weighted by Crippen LogP contribution is 2.22. The third-order valence-electron chi connectivity index (χ3n) is 3.76.